The summed E-state index contributed by atoms with van der Waals surface area (Å²) in [6, 6.07) is 10.1. The third kappa shape index (κ3) is 10.4. The Morgan fingerprint density at radius 3 is 1.00 bits per heavy atom. The van der Waals surface area contributed by atoms with E-state index in [-0.39, 0.29) is 0 Å². The van der Waals surface area contributed by atoms with Crippen LogP contribution in [0.25, 0.3) is 0 Å². The standard InChI is InChI=1S/C10H15.C6H7P.4ClH.Ta/c1-6-7(2)9(4)10(5)8(6)3;7-6-4-2-1-3-5-6;;;;;/h1-5H3;1-5H,7H2;4*1H;/q;;;;;;+4/p-4. The molecule has 6 heteroatoms. The summed E-state index contributed by atoms with van der Waals surface area (Å²) < 4.78 is 0. The van der Waals surface area contributed by atoms with Gasteiger partial charge in [0.2, 0.25) is 0 Å². The summed E-state index contributed by atoms with van der Waals surface area (Å²) in [5, 5.41) is 1.24. The molecule has 0 aromatic heterocycles. The van der Waals surface area contributed by atoms with Crippen molar-refractivity contribution in [1.29, 1.82) is 0 Å². The molecule has 1 aliphatic carbocycles. The van der Waals surface area contributed by atoms with E-state index < -0.39 is 12.8 Å². The zero-order valence-corrected chi connectivity index (χ0v) is 20.8. The van der Waals surface area contributed by atoms with Crippen LogP contribution in [0.5, 0.6) is 0 Å². The molecule has 1 aliphatic rings. The van der Waals surface area contributed by atoms with E-state index in [1.54, 1.807) is 0 Å². The van der Waals surface area contributed by atoms with E-state index in [1.807, 2.05) is 30.3 Å². The Morgan fingerprint density at radius 2 is 0.864 bits per heavy atom. The molecule has 22 heavy (non-hydrogen) atoms. The summed E-state index contributed by atoms with van der Waals surface area (Å²) in [6.45, 7) is 11.0. The second-order valence-electron chi connectivity index (χ2n) is 4.92. The molecule has 1 atom stereocenters. The number of hydrogen-bond acceptors (Lipinski definition) is 0. The van der Waals surface area contributed by atoms with Gasteiger partial charge in [-0.05, 0) is 34.9 Å². The molecule has 1 aromatic carbocycles. The number of halogens is 4. The molecule has 0 N–H and O–H groups in total. The van der Waals surface area contributed by atoms with Gasteiger partial charge in [0.15, 0.2) is 0 Å². The fourth-order valence-electron chi connectivity index (χ4n) is 1.86. The molecule has 0 amide bonds. The van der Waals surface area contributed by atoms with Crippen LogP contribution in [-0.4, -0.2) is 0 Å². The van der Waals surface area contributed by atoms with E-state index in [4.69, 9.17) is 36.8 Å². The van der Waals surface area contributed by atoms with Gasteiger partial charge < -0.3 is 0 Å². The van der Waals surface area contributed by atoms with Gasteiger partial charge in [0.25, 0.3) is 0 Å². The predicted molar refractivity (Wildman–Crippen MR) is 104 cm³/mol. The van der Waals surface area contributed by atoms with Gasteiger partial charge in [0, 0.05) is 0 Å². The summed E-state index contributed by atoms with van der Waals surface area (Å²) in [5.41, 5.74) is 0. The monoisotopic (exact) mass is 566 g/mol. The van der Waals surface area contributed by atoms with Crippen LogP contribution in [0.1, 0.15) is 34.6 Å². The molecule has 0 bridgehead atoms. The fraction of sp³-hybridized carbons (Fsp3) is 0.312. The van der Waals surface area contributed by atoms with Crippen molar-refractivity contribution in [3.8, 4) is 0 Å². The molecule has 1 unspecified atom stereocenters. The first-order chi connectivity index (χ1) is 9.95. The first kappa shape index (κ1) is 23.6. The molecule has 0 spiro atoms. The van der Waals surface area contributed by atoms with Gasteiger partial charge in [0.05, 0.1) is 0 Å². The number of benzene rings is 1. The van der Waals surface area contributed by atoms with Gasteiger partial charge in [-0.3, -0.25) is 0 Å². The maximum absolute atomic E-state index is 5.04. The maximum atomic E-state index is 5.04. The molecule has 5 radical (unpaired) electrons. The Hall–Kier alpha value is 1.55. The van der Waals surface area contributed by atoms with Crippen LogP contribution >= 0.6 is 46.0 Å². The van der Waals surface area contributed by atoms with Crippen molar-refractivity contribution in [2.75, 3.05) is 0 Å². The summed E-state index contributed by atoms with van der Waals surface area (Å²) >= 11 is -3.33. The van der Waals surface area contributed by atoms with Gasteiger partial charge in [0.1, 0.15) is 0 Å². The fourth-order valence-corrected chi connectivity index (χ4v) is 2.08. The minimum atomic E-state index is -3.33. The Morgan fingerprint density at radius 1 is 0.636 bits per heavy atom. The molecule has 0 heterocycles. The Labute approximate surface area is 157 Å². The van der Waals surface area contributed by atoms with Crippen molar-refractivity contribution in [3.63, 3.8) is 0 Å². The van der Waals surface area contributed by atoms with Crippen LogP contribution in [0.4, 0.5) is 0 Å². The summed E-state index contributed by atoms with van der Waals surface area (Å²) in [7, 11) is 22.8. The Kier molecular flexibility index (Phi) is 12.0. The third-order valence-corrected chi connectivity index (χ3v) is 4.00. The molecule has 2 rings (SSSR count). The molecule has 0 aliphatic heterocycles. The van der Waals surface area contributed by atoms with E-state index in [0.717, 1.165) is 0 Å². The van der Waals surface area contributed by atoms with Crippen LogP contribution in [0.2, 0.25) is 0 Å². The van der Waals surface area contributed by atoms with Crippen LogP contribution in [0.3, 0.4) is 0 Å². The molecule has 1 aromatic rings. The average Bonchev–Trinajstić information content (AvgIpc) is 2.57. The van der Waals surface area contributed by atoms with Crippen molar-refractivity contribution in [3.05, 3.63) is 59.9 Å². The van der Waals surface area contributed by atoms with E-state index in [0.29, 0.717) is 0 Å². The Balaban J connectivity index is 0.000000322. The topological polar surface area (TPSA) is 0 Å². The van der Waals surface area contributed by atoms with Crippen molar-refractivity contribution >= 4 is 51.3 Å². The van der Waals surface area contributed by atoms with E-state index in [2.05, 4.69) is 43.9 Å². The molecule has 1 fully saturated rings. The van der Waals surface area contributed by atoms with Gasteiger partial charge in [-0.1, -0.05) is 65.0 Å². The molecule has 0 saturated heterocycles. The van der Waals surface area contributed by atoms with Crippen LogP contribution in [0.15, 0.2) is 30.3 Å². The quantitative estimate of drug-likeness (QED) is 0.299. The van der Waals surface area contributed by atoms with Crippen molar-refractivity contribution in [2.24, 2.45) is 0 Å². The zero-order valence-electron chi connectivity index (χ0n) is 13.4. The van der Waals surface area contributed by atoms with Crippen molar-refractivity contribution < 1.29 is 12.8 Å². The molecular formula is C16H22Cl4PTa. The minimum absolute atomic E-state index is 1.24. The van der Waals surface area contributed by atoms with Crippen LogP contribution < -0.4 is 5.30 Å². The average molecular weight is 568 g/mol. The first-order valence-electron chi connectivity index (χ1n) is 6.63. The number of rotatable bonds is 0. The second kappa shape index (κ2) is 11.2. The zero-order chi connectivity index (χ0) is 17.5. The molecule has 0 nitrogen and oxygen atoms in total. The van der Waals surface area contributed by atoms with Crippen molar-refractivity contribution in [2.45, 2.75) is 34.6 Å². The van der Waals surface area contributed by atoms with Gasteiger partial charge >= 0.3 is 49.6 Å². The van der Waals surface area contributed by atoms with Gasteiger partial charge in [-0.25, -0.2) is 0 Å². The summed E-state index contributed by atoms with van der Waals surface area (Å²) in [4.78, 5) is 0. The molecular weight excluding hydrogens is 546 g/mol. The third-order valence-electron chi connectivity index (χ3n) is 3.61. The normalized spacial score (nSPS) is 18.5. The van der Waals surface area contributed by atoms with Crippen LogP contribution in [0, 0.1) is 29.6 Å². The summed E-state index contributed by atoms with van der Waals surface area (Å²) in [5.74, 6) is 7.34. The first-order valence-corrected chi connectivity index (χ1v) is 23.1. The summed E-state index contributed by atoms with van der Waals surface area (Å²) in [6.07, 6.45) is 0. The Bertz CT molecular complexity index is 360. The van der Waals surface area contributed by atoms with Gasteiger partial charge in [-0.15, -0.1) is 9.24 Å². The van der Waals surface area contributed by atoms with E-state index >= 15 is 0 Å². The van der Waals surface area contributed by atoms with E-state index in [1.165, 1.54) is 34.9 Å². The SMILES string of the molecule is C[C]1[C](C)[C](C)[C](C)[C]1C.Pc1ccccc1.[Cl][Ta]([Cl])([Cl])[Cl]. The second-order valence-corrected chi connectivity index (χ2v) is 33.4. The molecule has 124 valence electrons. The molecule has 1 saturated carbocycles. The van der Waals surface area contributed by atoms with E-state index in [9.17, 15) is 0 Å². The van der Waals surface area contributed by atoms with Crippen molar-refractivity contribution in [1.82, 2.24) is 0 Å². The number of hydrogen-bond donors (Lipinski definition) is 0. The van der Waals surface area contributed by atoms with Crippen LogP contribution in [-0.2, 0) is 12.8 Å². The van der Waals surface area contributed by atoms with Gasteiger partial charge in [-0.2, -0.15) is 0 Å². The predicted octanol–water partition coefficient (Wildman–Crippen LogP) is 6.91.